The summed E-state index contributed by atoms with van der Waals surface area (Å²) in [5.74, 6) is -1.50. The number of carbonyl (C=O) groups is 4. The van der Waals surface area contributed by atoms with Crippen molar-refractivity contribution in [2.75, 3.05) is 19.0 Å². The fourth-order valence-corrected chi connectivity index (χ4v) is 5.41. The first-order chi connectivity index (χ1) is 21.1. The Kier molecular flexibility index (Phi) is 8.51. The van der Waals surface area contributed by atoms with Gasteiger partial charge in [-0.25, -0.2) is 14.6 Å². The number of nitrogens with one attached hydrogen (secondary N) is 2. The predicted octanol–water partition coefficient (Wildman–Crippen LogP) is 3.42. The van der Waals surface area contributed by atoms with E-state index in [2.05, 4.69) is 20.7 Å². The van der Waals surface area contributed by atoms with E-state index >= 15 is 0 Å². The van der Waals surface area contributed by atoms with Gasteiger partial charge in [0, 0.05) is 25.2 Å². The fraction of sp³-hybridized carbons (Fsp3) is 0.333. The van der Waals surface area contributed by atoms with E-state index in [0.717, 1.165) is 11.1 Å². The summed E-state index contributed by atoms with van der Waals surface area (Å²) in [6, 6.07) is 9.53. The van der Waals surface area contributed by atoms with E-state index in [4.69, 9.17) is 15.2 Å². The van der Waals surface area contributed by atoms with E-state index < -0.39 is 30.0 Å². The molecule has 2 aromatic heterocycles. The number of carboxylic acids is 1. The average molecular weight is 604 g/mol. The highest BCUT2D eigenvalue weighted by Gasteiger charge is 2.27. The number of benzene rings is 2. The number of primary amides is 1. The Morgan fingerprint density at radius 1 is 1.14 bits per heavy atom. The number of alkyl carbamates (subject to hydrolysis) is 1. The minimum atomic E-state index is -1.00. The topological polar surface area (TPSA) is 193 Å². The molecule has 0 aliphatic heterocycles. The number of amides is 3. The van der Waals surface area contributed by atoms with Gasteiger partial charge in [-0.15, -0.1) is 0 Å². The second-order valence-corrected chi connectivity index (χ2v) is 10.4. The summed E-state index contributed by atoms with van der Waals surface area (Å²) in [6.07, 6.45) is 0.560. The molecule has 14 nitrogen and oxygen atoms in total. The quantitative estimate of drug-likeness (QED) is 0.186. The van der Waals surface area contributed by atoms with Crippen molar-refractivity contribution < 1.29 is 33.8 Å². The highest BCUT2D eigenvalue weighted by molar-refractivity contribution is 6.04. The smallest absolute Gasteiger partial charge is 0.407 e. The summed E-state index contributed by atoms with van der Waals surface area (Å²) >= 11 is 0. The molecule has 1 aliphatic carbocycles. The number of aromatic nitrogens is 4. The van der Waals surface area contributed by atoms with E-state index in [1.54, 1.807) is 34.4 Å². The summed E-state index contributed by atoms with van der Waals surface area (Å²) in [4.78, 5) is 53.6. The van der Waals surface area contributed by atoms with Crippen molar-refractivity contribution in [2.45, 2.75) is 52.3 Å². The molecule has 0 saturated heterocycles. The van der Waals surface area contributed by atoms with E-state index in [0.29, 0.717) is 60.5 Å². The van der Waals surface area contributed by atoms with Crippen molar-refractivity contribution in [1.82, 2.24) is 24.6 Å². The monoisotopic (exact) mass is 603 g/mol. The van der Waals surface area contributed by atoms with E-state index in [9.17, 15) is 24.3 Å². The molecule has 1 unspecified atom stereocenters. The lowest BCUT2D eigenvalue weighted by Gasteiger charge is -2.15. The average Bonchev–Trinajstić information content (AvgIpc) is 3.68. The molecule has 2 heterocycles. The maximum absolute atomic E-state index is 13.3. The van der Waals surface area contributed by atoms with Crippen LogP contribution in [-0.2, 0) is 24.2 Å². The molecular formula is C30H33N7O7. The number of aryl methyl sites for hydroxylation is 4. The Balaban J connectivity index is 1.31. The van der Waals surface area contributed by atoms with Gasteiger partial charge in [-0.2, -0.15) is 5.10 Å². The van der Waals surface area contributed by atoms with Crippen molar-refractivity contribution >= 4 is 40.9 Å². The zero-order valence-corrected chi connectivity index (χ0v) is 24.5. The first-order valence-electron chi connectivity index (χ1n) is 14.1. The minimum Gasteiger partial charge on any atom is -0.494 e. The highest BCUT2D eigenvalue weighted by atomic mass is 16.6. The molecule has 4 aromatic rings. The van der Waals surface area contributed by atoms with Gasteiger partial charge in [0.25, 0.3) is 5.91 Å². The van der Waals surface area contributed by atoms with Crippen LogP contribution in [0.2, 0.25) is 0 Å². The standard InChI is InChI=1S/C30H33N7O7/c1-4-37-22(12-16(2)35-37)27(39)34-29-33-21-14-19(26(31)38)15-24(43-3)25(21)36(29)11-5-10-32-30(42)44-23-9-7-17-13-18(28(40)41)6-8-20(17)23/h6,8,12-15,23H,4-5,7,9-11H2,1-3H3,(H2,31,38)(H,32,42)(H,40,41)(H,33,34,39). The van der Waals surface area contributed by atoms with Crippen molar-refractivity contribution in [3.05, 3.63) is 70.0 Å². The third-order valence-corrected chi connectivity index (χ3v) is 7.46. The van der Waals surface area contributed by atoms with E-state index in [-0.39, 0.29) is 23.6 Å². The van der Waals surface area contributed by atoms with Gasteiger partial charge in [-0.3, -0.25) is 19.6 Å². The number of carbonyl (C=O) groups excluding carboxylic acids is 3. The summed E-state index contributed by atoms with van der Waals surface area (Å²) < 4.78 is 14.5. The molecule has 0 radical (unpaired) electrons. The van der Waals surface area contributed by atoms with Gasteiger partial charge in [0.1, 0.15) is 23.1 Å². The molecule has 44 heavy (non-hydrogen) atoms. The van der Waals surface area contributed by atoms with E-state index in [1.165, 1.54) is 25.3 Å². The third kappa shape index (κ3) is 6.04. The Hall–Kier alpha value is -5.40. The second-order valence-electron chi connectivity index (χ2n) is 10.4. The van der Waals surface area contributed by atoms with Crippen LogP contribution in [0.4, 0.5) is 10.7 Å². The van der Waals surface area contributed by atoms with Crippen LogP contribution < -0.4 is 21.1 Å². The molecule has 0 fully saturated rings. The number of hydrogen-bond acceptors (Lipinski definition) is 8. The first-order valence-corrected chi connectivity index (χ1v) is 14.1. The number of hydrogen-bond donors (Lipinski definition) is 4. The van der Waals surface area contributed by atoms with Gasteiger partial charge in [0.05, 0.1) is 23.9 Å². The van der Waals surface area contributed by atoms with Gasteiger partial charge >= 0.3 is 12.1 Å². The Bertz CT molecular complexity index is 1770. The van der Waals surface area contributed by atoms with Crippen molar-refractivity contribution in [3.8, 4) is 5.75 Å². The molecule has 0 bridgehead atoms. The Morgan fingerprint density at radius 2 is 1.93 bits per heavy atom. The summed E-state index contributed by atoms with van der Waals surface area (Å²) in [7, 11) is 1.46. The van der Waals surface area contributed by atoms with Gasteiger partial charge in [0.15, 0.2) is 0 Å². The highest BCUT2D eigenvalue weighted by Crippen LogP contribution is 2.35. The largest absolute Gasteiger partial charge is 0.494 e. The van der Waals surface area contributed by atoms with Crippen LogP contribution in [0.25, 0.3) is 11.0 Å². The molecule has 1 aliphatic rings. The molecule has 2 aromatic carbocycles. The number of fused-ring (bicyclic) bond motifs is 2. The molecule has 5 rings (SSSR count). The Morgan fingerprint density at radius 3 is 2.64 bits per heavy atom. The van der Waals surface area contributed by atoms with Crippen molar-refractivity contribution in [3.63, 3.8) is 0 Å². The lowest BCUT2D eigenvalue weighted by atomic mass is 10.1. The van der Waals surface area contributed by atoms with Crippen LogP contribution in [0.5, 0.6) is 5.75 Å². The van der Waals surface area contributed by atoms with E-state index in [1.807, 2.05) is 6.92 Å². The number of rotatable bonds is 11. The molecular weight excluding hydrogens is 570 g/mol. The number of nitrogens with zero attached hydrogens (tertiary/aromatic N) is 4. The predicted molar refractivity (Wildman–Crippen MR) is 159 cm³/mol. The number of imidazole rings is 1. The summed E-state index contributed by atoms with van der Waals surface area (Å²) in [5, 5.41) is 19.2. The fourth-order valence-electron chi connectivity index (χ4n) is 5.41. The summed E-state index contributed by atoms with van der Waals surface area (Å²) in [6.45, 7) is 4.74. The molecule has 0 spiro atoms. The van der Waals surface area contributed by atoms with Crippen LogP contribution in [-0.4, -0.2) is 62.0 Å². The van der Waals surface area contributed by atoms with Crippen LogP contribution in [0, 0.1) is 6.92 Å². The Labute approximate surface area is 252 Å². The van der Waals surface area contributed by atoms with Crippen LogP contribution >= 0.6 is 0 Å². The SMILES string of the molecule is CCn1nc(C)cc1C(=O)Nc1nc2cc(C(N)=O)cc(OC)c2n1CCCNC(=O)OC1CCc2cc(C(=O)O)ccc21. The molecule has 3 amide bonds. The van der Waals surface area contributed by atoms with Crippen molar-refractivity contribution in [1.29, 1.82) is 0 Å². The first kappa shape index (κ1) is 30.1. The maximum atomic E-state index is 13.3. The summed E-state index contributed by atoms with van der Waals surface area (Å²) in [5.41, 5.74) is 9.57. The molecule has 14 heteroatoms. The van der Waals surface area contributed by atoms with Gasteiger partial charge in [-0.1, -0.05) is 6.07 Å². The van der Waals surface area contributed by atoms with Gasteiger partial charge in [0.2, 0.25) is 11.9 Å². The number of anilines is 1. The minimum absolute atomic E-state index is 0.199. The molecule has 0 saturated carbocycles. The normalized spacial score (nSPS) is 13.8. The van der Waals surface area contributed by atoms with Crippen LogP contribution in [0.15, 0.2) is 36.4 Å². The maximum Gasteiger partial charge on any atom is 0.407 e. The van der Waals surface area contributed by atoms with Crippen LogP contribution in [0.1, 0.15) is 73.9 Å². The zero-order chi connectivity index (χ0) is 31.5. The molecule has 5 N–H and O–H groups in total. The van der Waals surface area contributed by atoms with Crippen molar-refractivity contribution in [2.24, 2.45) is 5.73 Å². The lowest BCUT2D eigenvalue weighted by molar-refractivity contribution is 0.0695. The zero-order valence-electron chi connectivity index (χ0n) is 24.5. The second kappa shape index (κ2) is 12.5. The molecule has 1 atom stereocenters. The lowest BCUT2D eigenvalue weighted by Crippen LogP contribution is -2.27. The number of ether oxygens (including phenoxy) is 2. The number of carboxylic acid groups (broad SMARTS) is 1. The number of methoxy groups -OCH3 is 1. The third-order valence-electron chi connectivity index (χ3n) is 7.46. The molecule has 230 valence electrons. The van der Waals surface area contributed by atoms with Gasteiger partial charge < -0.3 is 30.2 Å². The number of aromatic carboxylic acids is 1. The van der Waals surface area contributed by atoms with Crippen LogP contribution in [0.3, 0.4) is 0 Å². The van der Waals surface area contributed by atoms with Gasteiger partial charge in [-0.05, 0) is 74.6 Å². The number of nitrogens with two attached hydrogens (primary N) is 1.